The standard InChI is InChI=1S/C15H28N2O4/c1-11(2)6-8-17-9-7-15(10-17,12(18)19)16-13(20)21-14(3,4)5/h11H,6-10H2,1-5H3,(H,16,20)(H,18,19). The fraction of sp³-hybridized carbons (Fsp3) is 0.867. The maximum atomic E-state index is 11.9. The predicted octanol–water partition coefficient (Wildman–Crippen LogP) is 2.09. The van der Waals surface area contributed by atoms with E-state index in [-0.39, 0.29) is 0 Å². The second kappa shape index (κ2) is 6.64. The Morgan fingerprint density at radius 1 is 1.38 bits per heavy atom. The molecule has 122 valence electrons. The van der Waals surface area contributed by atoms with Gasteiger partial charge in [-0.3, -0.25) is 0 Å². The molecule has 21 heavy (non-hydrogen) atoms. The monoisotopic (exact) mass is 300 g/mol. The minimum absolute atomic E-state index is 0.328. The number of nitrogens with one attached hydrogen (secondary N) is 1. The van der Waals surface area contributed by atoms with Gasteiger partial charge in [-0.2, -0.15) is 0 Å². The van der Waals surface area contributed by atoms with E-state index in [1.807, 2.05) is 0 Å². The molecular weight excluding hydrogens is 272 g/mol. The molecule has 1 aliphatic rings. The molecule has 0 radical (unpaired) electrons. The Morgan fingerprint density at radius 3 is 2.48 bits per heavy atom. The highest BCUT2D eigenvalue weighted by Crippen LogP contribution is 2.23. The lowest BCUT2D eigenvalue weighted by Crippen LogP contribution is -2.57. The highest BCUT2D eigenvalue weighted by atomic mass is 16.6. The summed E-state index contributed by atoms with van der Waals surface area (Å²) in [5, 5.41) is 12.1. The molecule has 1 amide bonds. The zero-order chi connectivity index (χ0) is 16.3. The van der Waals surface area contributed by atoms with Crippen LogP contribution in [0.4, 0.5) is 4.79 Å². The maximum absolute atomic E-state index is 11.9. The van der Waals surface area contributed by atoms with E-state index in [0.717, 1.165) is 13.0 Å². The van der Waals surface area contributed by atoms with Gasteiger partial charge in [0.15, 0.2) is 5.54 Å². The molecule has 0 aromatic rings. The summed E-state index contributed by atoms with van der Waals surface area (Å²) in [6, 6.07) is 0. The smallest absolute Gasteiger partial charge is 0.408 e. The van der Waals surface area contributed by atoms with E-state index in [0.29, 0.717) is 25.4 Å². The van der Waals surface area contributed by atoms with Crippen LogP contribution in [0.3, 0.4) is 0 Å². The van der Waals surface area contributed by atoms with Crippen molar-refractivity contribution in [2.45, 2.75) is 58.6 Å². The summed E-state index contributed by atoms with van der Waals surface area (Å²) in [6.07, 6.45) is 0.748. The first kappa shape index (κ1) is 17.8. The van der Waals surface area contributed by atoms with Gasteiger partial charge in [0.1, 0.15) is 5.60 Å². The molecule has 1 saturated heterocycles. The van der Waals surface area contributed by atoms with Gasteiger partial charge in [-0.05, 0) is 46.1 Å². The first-order chi connectivity index (χ1) is 9.54. The third kappa shape index (κ3) is 5.53. The molecule has 6 heteroatoms. The Morgan fingerprint density at radius 2 is 2.00 bits per heavy atom. The maximum Gasteiger partial charge on any atom is 0.408 e. The van der Waals surface area contributed by atoms with Crippen LogP contribution in [0, 0.1) is 5.92 Å². The van der Waals surface area contributed by atoms with E-state index in [1.54, 1.807) is 20.8 Å². The van der Waals surface area contributed by atoms with Crippen LogP contribution in [-0.4, -0.2) is 52.8 Å². The van der Waals surface area contributed by atoms with Gasteiger partial charge < -0.3 is 20.1 Å². The summed E-state index contributed by atoms with van der Waals surface area (Å²) >= 11 is 0. The van der Waals surface area contributed by atoms with Crippen molar-refractivity contribution in [2.75, 3.05) is 19.6 Å². The highest BCUT2D eigenvalue weighted by molar-refractivity contribution is 5.85. The third-order valence-corrected chi connectivity index (χ3v) is 3.52. The summed E-state index contributed by atoms with van der Waals surface area (Å²) in [5.41, 5.74) is -1.88. The van der Waals surface area contributed by atoms with Crippen LogP contribution in [0.1, 0.15) is 47.5 Å². The molecule has 0 aromatic carbocycles. The van der Waals surface area contributed by atoms with Gasteiger partial charge in [0.25, 0.3) is 0 Å². The first-order valence-corrected chi connectivity index (χ1v) is 7.51. The molecule has 1 aliphatic heterocycles. The highest BCUT2D eigenvalue weighted by Gasteiger charge is 2.46. The van der Waals surface area contributed by atoms with Gasteiger partial charge in [-0.1, -0.05) is 13.8 Å². The number of amides is 1. The van der Waals surface area contributed by atoms with Crippen molar-refractivity contribution in [3.63, 3.8) is 0 Å². The number of alkyl carbamates (subject to hydrolysis) is 1. The molecule has 0 bridgehead atoms. The molecular formula is C15H28N2O4. The predicted molar refractivity (Wildman–Crippen MR) is 80.2 cm³/mol. The fourth-order valence-electron chi connectivity index (χ4n) is 2.35. The number of rotatable bonds is 5. The number of carbonyl (C=O) groups excluding carboxylic acids is 1. The lowest BCUT2D eigenvalue weighted by molar-refractivity contribution is -0.144. The topological polar surface area (TPSA) is 78.9 Å². The molecule has 0 spiro atoms. The van der Waals surface area contributed by atoms with Crippen molar-refractivity contribution in [3.05, 3.63) is 0 Å². The van der Waals surface area contributed by atoms with E-state index in [2.05, 4.69) is 24.1 Å². The van der Waals surface area contributed by atoms with Crippen molar-refractivity contribution in [1.82, 2.24) is 10.2 Å². The van der Waals surface area contributed by atoms with Crippen molar-refractivity contribution in [2.24, 2.45) is 5.92 Å². The number of hydrogen-bond donors (Lipinski definition) is 2. The summed E-state index contributed by atoms with van der Waals surface area (Å²) < 4.78 is 5.18. The first-order valence-electron chi connectivity index (χ1n) is 7.51. The summed E-state index contributed by atoms with van der Waals surface area (Å²) in [7, 11) is 0. The van der Waals surface area contributed by atoms with Gasteiger partial charge in [-0.25, -0.2) is 9.59 Å². The Bertz CT molecular complexity index is 390. The van der Waals surface area contributed by atoms with Crippen LogP contribution >= 0.6 is 0 Å². The zero-order valence-electron chi connectivity index (χ0n) is 13.7. The Hall–Kier alpha value is -1.30. The SMILES string of the molecule is CC(C)CCN1CCC(NC(=O)OC(C)(C)C)(C(=O)O)C1. The van der Waals surface area contributed by atoms with Gasteiger partial charge in [0.05, 0.1) is 0 Å². The minimum Gasteiger partial charge on any atom is -0.479 e. The molecule has 1 heterocycles. The summed E-state index contributed by atoms with van der Waals surface area (Å²) in [5.74, 6) is -0.427. The number of aliphatic carboxylic acids is 1. The molecule has 1 atom stereocenters. The van der Waals surface area contributed by atoms with Crippen LogP contribution in [0.2, 0.25) is 0 Å². The molecule has 0 aliphatic carbocycles. The summed E-state index contributed by atoms with van der Waals surface area (Å²) in [4.78, 5) is 25.6. The van der Waals surface area contributed by atoms with E-state index in [4.69, 9.17) is 4.74 Å². The Balaban J connectivity index is 2.65. The van der Waals surface area contributed by atoms with Crippen LogP contribution < -0.4 is 5.32 Å². The average molecular weight is 300 g/mol. The van der Waals surface area contributed by atoms with Gasteiger partial charge in [0, 0.05) is 13.1 Å². The molecule has 2 N–H and O–H groups in total. The second-order valence-corrected chi connectivity index (χ2v) is 7.22. The van der Waals surface area contributed by atoms with Crippen molar-refractivity contribution in [1.29, 1.82) is 0 Å². The van der Waals surface area contributed by atoms with E-state index in [9.17, 15) is 14.7 Å². The normalized spacial score (nSPS) is 23.3. The summed E-state index contributed by atoms with van der Waals surface area (Å²) in [6.45, 7) is 11.4. The minimum atomic E-state index is -1.24. The lowest BCUT2D eigenvalue weighted by Gasteiger charge is -2.28. The average Bonchev–Trinajstić information content (AvgIpc) is 2.68. The second-order valence-electron chi connectivity index (χ2n) is 7.22. The quantitative estimate of drug-likeness (QED) is 0.813. The number of hydrogen-bond acceptors (Lipinski definition) is 4. The molecule has 6 nitrogen and oxygen atoms in total. The van der Waals surface area contributed by atoms with Crippen molar-refractivity contribution < 1.29 is 19.4 Å². The number of carbonyl (C=O) groups is 2. The van der Waals surface area contributed by atoms with Crippen LogP contribution in [-0.2, 0) is 9.53 Å². The van der Waals surface area contributed by atoms with Gasteiger partial charge >= 0.3 is 12.1 Å². The van der Waals surface area contributed by atoms with E-state index in [1.165, 1.54) is 0 Å². The van der Waals surface area contributed by atoms with Crippen molar-refractivity contribution >= 4 is 12.1 Å². The van der Waals surface area contributed by atoms with Crippen molar-refractivity contribution in [3.8, 4) is 0 Å². The molecule has 1 unspecified atom stereocenters. The molecule has 1 rings (SSSR count). The zero-order valence-corrected chi connectivity index (χ0v) is 13.7. The van der Waals surface area contributed by atoms with Gasteiger partial charge in [-0.15, -0.1) is 0 Å². The van der Waals surface area contributed by atoms with Crippen LogP contribution in [0.5, 0.6) is 0 Å². The Kier molecular flexibility index (Phi) is 5.61. The van der Waals surface area contributed by atoms with Crippen LogP contribution in [0.15, 0.2) is 0 Å². The third-order valence-electron chi connectivity index (χ3n) is 3.52. The molecule has 0 saturated carbocycles. The number of likely N-dealkylation sites (tertiary alicyclic amines) is 1. The molecule has 1 fully saturated rings. The number of carboxylic acid groups (broad SMARTS) is 1. The lowest BCUT2D eigenvalue weighted by atomic mass is 9.99. The van der Waals surface area contributed by atoms with E-state index >= 15 is 0 Å². The number of nitrogens with zero attached hydrogens (tertiary/aromatic N) is 1. The molecule has 0 aromatic heterocycles. The number of ether oxygens (including phenoxy) is 1. The Labute approximate surface area is 126 Å². The van der Waals surface area contributed by atoms with Crippen LogP contribution in [0.25, 0.3) is 0 Å². The largest absolute Gasteiger partial charge is 0.479 e. The number of carboxylic acids is 1. The fourth-order valence-corrected chi connectivity index (χ4v) is 2.35. The van der Waals surface area contributed by atoms with Gasteiger partial charge in [0.2, 0.25) is 0 Å². The van der Waals surface area contributed by atoms with E-state index < -0.39 is 23.2 Å².